The third-order valence-corrected chi connectivity index (χ3v) is 4.02. The molecular formula is C12H17BrN2S. The molecule has 1 aromatic rings. The predicted molar refractivity (Wildman–Crippen MR) is 72.4 cm³/mol. The maximum Gasteiger partial charge on any atom is 0.0701 e. The van der Waals surface area contributed by atoms with Crippen molar-refractivity contribution >= 4 is 27.3 Å². The molecule has 2 nitrogen and oxygen atoms in total. The van der Waals surface area contributed by atoms with Gasteiger partial charge in [0.1, 0.15) is 0 Å². The Morgan fingerprint density at radius 2 is 2.31 bits per heavy atom. The van der Waals surface area contributed by atoms with Gasteiger partial charge in [0, 0.05) is 19.5 Å². The molecule has 0 fully saturated rings. The minimum atomic E-state index is 0.197. The number of thiophene rings is 1. The second-order valence-corrected chi connectivity index (χ2v) is 6.98. The van der Waals surface area contributed by atoms with Crippen molar-refractivity contribution in [3.63, 3.8) is 0 Å². The first kappa shape index (κ1) is 13.7. The molecule has 0 amide bonds. The summed E-state index contributed by atoms with van der Waals surface area (Å²) < 4.78 is 1.17. The predicted octanol–water partition coefficient (Wildman–Crippen LogP) is 3.93. The standard InChI is InChI=1S/C12H17BrN2S/c1-12(2,4-3-5-14)9-15-7-10-6-11(13)16-8-10/h6,8,15H,3-4,7,9H2,1-2H3. The Balaban J connectivity index is 2.27. The molecule has 1 rings (SSSR count). The Bertz CT molecular complexity index is 365. The highest BCUT2D eigenvalue weighted by Gasteiger charge is 2.16. The average Bonchev–Trinajstić information content (AvgIpc) is 2.61. The van der Waals surface area contributed by atoms with Crippen molar-refractivity contribution < 1.29 is 0 Å². The van der Waals surface area contributed by atoms with Crippen molar-refractivity contribution in [2.24, 2.45) is 5.41 Å². The SMILES string of the molecule is CC(C)(CCC#N)CNCc1csc(Br)c1. The van der Waals surface area contributed by atoms with E-state index in [9.17, 15) is 0 Å². The van der Waals surface area contributed by atoms with Gasteiger partial charge in [-0.15, -0.1) is 11.3 Å². The van der Waals surface area contributed by atoms with E-state index in [4.69, 9.17) is 5.26 Å². The van der Waals surface area contributed by atoms with E-state index in [1.807, 2.05) is 0 Å². The van der Waals surface area contributed by atoms with Crippen molar-refractivity contribution in [3.05, 3.63) is 20.8 Å². The molecule has 0 unspecified atom stereocenters. The molecule has 0 aliphatic rings. The first-order chi connectivity index (χ1) is 7.53. The van der Waals surface area contributed by atoms with Crippen LogP contribution in [0.3, 0.4) is 0 Å². The van der Waals surface area contributed by atoms with Crippen molar-refractivity contribution in [1.29, 1.82) is 5.26 Å². The molecule has 0 spiro atoms. The molecule has 0 radical (unpaired) electrons. The Labute approximate surface area is 110 Å². The summed E-state index contributed by atoms with van der Waals surface area (Å²) in [4.78, 5) is 0. The molecule has 1 N–H and O–H groups in total. The Kier molecular flexibility index (Phi) is 5.47. The Morgan fingerprint density at radius 1 is 1.56 bits per heavy atom. The van der Waals surface area contributed by atoms with E-state index >= 15 is 0 Å². The fourth-order valence-electron chi connectivity index (χ4n) is 1.47. The molecule has 1 aromatic heterocycles. The van der Waals surface area contributed by atoms with Gasteiger partial charge in [-0.05, 0) is 44.8 Å². The van der Waals surface area contributed by atoms with E-state index in [1.165, 1.54) is 9.35 Å². The lowest BCUT2D eigenvalue weighted by atomic mass is 9.88. The summed E-state index contributed by atoms with van der Waals surface area (Å²) in [6.45, 7) is 6.24. The van der Waals surface area contributed by atoms with E-state index < -0.39 is 0 Å². The van der Waals surface area contributed by atoms with Crippen LogP contribution in [0.2, 0.25) is 0 Å². The molecule has 16 heavy (non-hydrogen) atoms. The van der Waals surface area contributed by atoms with E-state index in [-0.39, 0.29) is 5.41 Å². The van der Waals surface area contributed by atoms with Crippen molar-refractivity contribution in [1.82, 2.24) is 5.32 Å². The monoisotopic (exact) mass is 300 g/mol. The fraction of sp³-hybridized carbons (Fsp3) is 0.583. The molecule has 4 heteroatoms. The first-order valence-corrected chi connectivity index (χ1v) is 7.01. The van der Waals surface area contributed by atoms with Gasteiger partial charge in [-0.3, -0.25) is 0 Å². The maximum atomic E-state index is 8.56. The number of nitriles is 1. The fourth-order valence-corrected chi connectivity index (χ4v) is 2.68. The third kappa shape index (κ3) is 5.11. The molecule has 0 aromatic carbocycles. The van der Waals surface area contributed by atoms with Crippen LogP contribution in [0, 0.1) is 16.7 Å². The van der Waals surface area contributed by atoms with Gasteiger partial charge in [0.05, 0.1) is 9.86 Å². The number of nitrogens with one attached hydrogen (secondary N) is 1. The zero-order chi connectivity index (χ0) is 12.0. The molecule has 0 atom stereocenters. The van der Waals surface area contributed by atoms with Crippen LogP contribution in [0.15, 0.2) is 15.2 Å². The van der Waals surface area contributed by atoms with Crippen LogP contribution in [0.25, 0.3) is 0 Å². The van der Waals surface area contributed by atoms with Gasteiger partial charge < -0.3 is 5.32 Å². The van der Waals surface area contributed by atoms with Crippen LogP contribution in [0.4, 0.5) is 0 Å². The van der Waals surface area contributed by atoms with Crippen LogP contribution < -0.4 is 5.32 Å². The molecule has 0 aliphatic carbocycles. The van der Waals surface area contributed by atoms with Crippen molar-refractivity contribution in [2.45, 2.75) is 33.2 Å². The smallest absolute Gasteiger partial charge is 0.0701 e. The quantitative estimate of drug-likeness (QED) is 0.864. The number of hydrogen-bond donors (Lipinski definition) is 1. The first-order valence-electron chi connectivity index (χ1n) is 5.34. The van der Waals surface area contributed by atoms with Crippen molar-refractivity contribution in [3.8, 4) is 6.07 Å². The van der Waals surface area contributed by atoms with Gasteiger partial charge in [0.15, 0.2) is 0 Å². The van der Waals surface area contributed by atoms with E-state index in [0.717, 1.165) is 19.5 Å². The van der Waals surface area contributed by atoms with Crippen molar-refractivity contribution in [2.75, 3.05) is 6.54 Å². The van der Waals surface area contributed by atoms with Gasteiger partial charge in [-0.1, -0.05) is 13.8 Å². The second kappa shape index (κ2) is 6.39. The summed E-state index contributed by atoms with van der Waals surface area (Å²) in [5, 5.41) is 14.2. The summed E-state index contributed by atoms with van der Waals surface area (Å²) in [5.41, 5.74) is 1.51. The zero-order valence-corrected chi connectivity index (χ0v) is 12.1. The molecular weight excluding hydrogens is 284 g/mol. The van der Waals surface area contributed by atoms with Gasteiger partial charge in [0.2, 0.25) is 0 Å². The molecule has 88 valence electrons. The lowest BCUT2D eigenvalue weighted by molar-refractivity contribution is 0.317. The average molecular weight is 301 g/mol. The highest BCUT2D eigenvalue weighted by molar-refractivity contribution is 9.11. The number of halogens is 1. The third-order valence-electron chi connectivity index (χ3n) is 2.47. The van der Waals surface area contributed by atoms with Crippen LogP contribution in [-0.4, -0.2) is 6.54 Å². The minimum Gasteiger partial charge on any atom is -0.312 e. The van der Waals surface area contributed by atoms with Crippen LogP contribution in [-0.2, 0) is 6.54 Å². The normalized spacial score (nSPS) is 11.4. The highest BCUT2D eigenvalue weighted by atomic mass is 79.9. The van der Waals surface area contributed by atoms with E-state index in [0.29, 0.717) is 6.42 Å². The number of rotatable bonds is 6. The second-order valence-electron chi connectivity index (χ2n) is 4.68. The molecule has 0 bridgehead atoms. The van der Waals surface area contributed by atoms with Crippen LogP contribution >= 0.6 is 27.3 Å². The lowest BCUT2D eigenvalue weighted by Gasteiger charge is -2.23. The van der Waals surface area contributed by atoms with E-state index in [2.05, 4.69) is 52.6 Å². The van der Waals surface area contributed by atoms with E-state index in [1.54, 1.807) is 11.3 Å². The highest BCUT2D eigenvalue weighted by Crippen LogP contribution is 2.22. The topological polar surface area (TPSA) is 35.8 Å². The summed E-state index contributed by atoms with van der Waals surface area (Å²) in [6.07, 6.45) is 1.59. The molecule has 0 aliphatic heterocycles. The summed E-state index contributed by atoms with van der Waals surface area (Å²) in [7, 11) is 0. The zero-order valence-electron chi connectivity index (χ0n) is 9.72. The van der Waals surface area contributed by atoms with Gasteiger partial charge in [0.25, 0.3) is 0 Å². The van der Waals surface area contributed by atoms with Crippen LogP contribution in [0.1, 0.15) is 32.3 Å². The summed E-state index contributed by atoms with van der Waals surface area (Å²) in [6, 6.07) is 4.34. The minimum absolute atomic E-state index is 0.197. The van der Waals surface area contributed by atoms with Crippen LogP contribution in [0.5, 0.6) is 0 Å². The summed E-state index contributed by atoms with van der Waals surface area (Å²) in [5.74, 6) is 0. The van der Waals surface area contributed by atoms with Gasteiger partial charge in [-0.2, -0.15) is 5.26 Å². The molecule has 0 saturated carbocycles. The Hall–Kier alpha value is -0.370. The lowest BCUT2D eigenvalue weighted by Crippen LogP contribution is -2.28. The molecule has 0 saturated heterocycles. The molecule has 1 heterocycles. The largest absolute Gasteiger partial charge is 0.312 e. The number of nitrogens with zero attached hydrogens (tertiary/aromatic N) is 1. The van der Waals surface area contributed by atoms with Gasteiger partial charge in [-0.25, -0.2) is 0 Å². The summed E-state index contributed by atoms with van der Waals surface area (Å²) >= 11 is 5.16. The van der Waals surface area contributed by atoms with Gasteiger partial charge >= 0.3 is 0 Å². The number of hydrogen-bond acceptors (Lipinski definition) is 3. The maximum absolute atomic E-state index is 8.56. The Morgan fingerprint density at radius 3 is 2.88 bits per heavy atom.